The van der Waals surface area contributed by atoms with Crippen molar-refractivity contribution in [3.63, 3.8) is 0 Å². The van der Waals surface area contributed by atoms with Crippen molar-refractivity contribution in [2.24, 2.45) is 0 Å². The first-order chi connectivity index (χ1) is 12.9. The van der Waals surface area contributed by atoms with Gasteiger partial charge in [0.15, 0.2) is 6.61 Å². The molecule has 1 aliphatic rings. The van der Waals surface area contributed by atoms with E-state index in [-0.39, 0.29) is 23.0 Å². The number of anilines is 2. The molecule has 1 aliphatic heterocycles. The van der Waals surface area contributed by atoms with Gasteiger partial charge in [-0.25, -0.2) is 4.39 Å². The van der Waals surface area contributed by atoms with Gasteiger partial charge in [-0.05, 0) is 30.3 Å². The zero-order valence-electron chi connectivity index (χ0n) is 13.8. The normalized spacial score (nSPS) is 15.5. The van der Waals surface area contributed by atoms with E-state index in [0.29, 0.717) is 5.69 Å². The molecule has 0 aliphatic carbocycles. The van der Waals surface area contributed by atoms with Crippen LogP contribution in [0.3, 0.4) is 0 Å². The zero-order valence-corrected chi connectivity index (χ0v) is 15.4. The fourth-order valence-corrected chi connectivity index (χ4v) is 3.63. The van der Waals surface area contributed by atoms with Gasteiger partial charge in [-0.2, -0.15) is 0 Å². The summed E-state index contributed by atoms with van der Waals surface area (Å²) in [6, 6.07) is 11.0. The zero-order chi connectivity index (χ0) is 19.4. The Morgan fingerprint density at radius 2 is 2.04 bits per heavy atom. The SMILES string of the molecule is O=C(COC(=O)C[C@H]1Sc2ccccc2NC1=O)Nc1ccc(F)c(Cl)c1. The molecule has 2 aromatic carbocycles. The Morgan fingerprint density at radius 3 is 2.81 bits per heavy atom. The van der Waals surface area contributed by atoms with Crippen LogP contribution < -0.4 is 10.6 Å². The molecule has 27 heavy (non-hydrogen) atoms. The van der Waals surface area contributed by atoms with Gasteiger partial charge < -0.3 is 15.4 Å². The number of nitrogens with one attached hydrogen (secondary N) is 2. The van der Waals surface area contributed by atoms with Crippen LogP contribution >= 0.6 is 23.4 Å². The number of esters is 1. The van der Waals surface area contributed by atoms with Gasteiger partial charge >= 0.3 is 5.97 Å². The standard InChI is InChI=1S/C18H14ClFN2O4S/c19-11-7-10(5-6-12(11)20)21-16(23)9-26-17(24)8-15-18(25)22-13-3-1-2-4-14(13)27-15/h1-7,15H,8-9H2,(H,21,23)(H,22,25)/t15-/m1/s1. The molecule has 2 N–H and O–H groups in total. The summed E-state index contributed by atoms with van der Waals surface area (Å²) < 4.78 is 18.0. The number of benzene rings is 2. The van der Waals surface area contributed by atoms with Crippen LogP contribution in [0.2, 0.25) is 5.02 Å². The number of hydrogen-bond acceptors (Lipinski definition) is 5. The largest absolute Gasteiger partial charge is 0.456 e. The van der Waals surface area contributed by atoms with E-state index in [1.54, 1.807) is 12.1 Å². The van der Waals surface area contributed by atoms with Gasteiger partial charge in [0.05, 0.1) is 22.4 Å². The molecule has 0 spiro atoms. The van der Waals surface area contributed by atoms with Crippen molar-refractivity contribution in [2.45, 2.75) is 16.6 Å². The lowest BCUT2D eigenvalue weighted by molar-refractivity contribution is -0.147. The van der Waals surface area contributed by atoms with E-state index in [4.69, 9.17) is 16.3 Å². The van der Waals surface area contributed by atoms with Crippen LogP contribution in [0.15, 0.2) is 47.4 Å². The summed E-state index contributed by atoms with van der Waals surface area (Å²) in [5.41, 5.74) is 0.982. The lowest BCUT2D eigenvalue weighted by atomic mass is 10.2. The van der Waals surface area contributed by atoms with Gasteiger partial charge in [0, 0.05) is 10.6 Å². The second-order valence-corrected chi connectivity index (χ2v) is 7.29. The first kappa shape index (κ1) is 19.2. The van der Waals surface area contributed by atoms with Gasteiger partial charge in [-0.3, -0.25) is 14.4 Å². The van der Waals surface area contributed by atoms with Gasteiger partial charge in [0.25, 0.3) is 5.91 Å². The van der Waals surface area contributed by atoms with Crippen molar-refractivity contribution >= 4 is 52.5 Å². The Kier molecular flexibility index (Phi) is 5.98. The predicted molar refractivity (Wildman–Crippen MR) is 100 cm³/mol. The van der Waals surface area contributed by atoms with E-state index in [0.717, 1.165) is 11.0 Å². The minimum Gasteiger partial charge on any atom is -0.456 e. The third kappa shape index (κ3) is 4.99. The summed E-state index contributed by atoms with van der Waals surface area (Å²) in [6.07, 6.45) is -0.166. The number of halogens is 2. The Balaban J connectivity index is 1.49. The number of fused-ring (bicyclic) bond motifs is 1. The van der Waals surface area contributed by atoms with Crippen molar-refractivity contribution in [1.29, 1.82) is 0 Å². The third-order valence-electron chi connectivity index (χ3n) is 3.63. The monoisotopic (exact) mass is 408 g/mol. The number of amides is 2. The van der Waals surface area contributed by atoms with Crippen LogP contribution in [0.1, 0.15) is 6.42 Å². The highest BCUT2D eigenvalue weighted by molar-refractivity contribution is 8.01. The molecule has 2 aromatic rings. The molecule has 0 aromatic heterocycles. The Bertz CT molecular complexity index is 909. The van der Waals surface area contributed by atoms with Crippen molar-refractivity contribution < 1.29 is 23.5 Å². The molecule has 9 heteroatoms. The van der Waals surface area contributed by atoms with Crippen LogP contribution in [0, 0.1) is 5.82 Å². The second kappa shape index (κ2) is 8.41. The van der Waals surface area contributed by atoms with Crippen molar-refractivity contribution in [3.05, 3.63) is 53.3 Å². The van der Waals surface area contributed by atoms with Gasteiger partial charge in [-0.15, -0.1) is 11.8 Å². The highest BCUT2D eigenvalue weighted by Crippen LogP contribution is 2.36. The maximum Gasteiger partial charge on any atom is 0.307 e. The number of para-hydroxylation sites is 1. The second-order valence-electron chi connectivity index (χ2n) is 5.63. The number of carbonyl (C=O) groups excluding carboxylic acids is 3. The summed E-state index contributed by atoms with van der Waals surface area (Å²) in [5, 5.41) is 4.40. The number of rotatable bonds is 5. The highest BCUT2D eigenvalue weighted by atomic mass is 35.5. The molecule has 0 radical (unpaired) electrons. The average Bonchev–Trinajstić information content (AvgIpc) is 2.64. The minimum atomic E-state index is -0.672. The topological polar surface area (TPSA) is 84.5 Å². The fourth-order valence-electron chi connectivity index (χ4n) is 2.35. The van der Waals surface area contributed by atoms with Crippen molar-refractivity contribution in [1.82, 2.24) is 0 Å². The van der Waals surface area contributed by atoms with Crippen LogP contribution in [0.25, 0.3) is 0 Å². The van der Waals surface area contributed by atoms with Gasteiger partial charge in [-0.1, -0.05) is 23.7 Å². The highest BCUT2D eigenvalue weighted by Gasteiger charge is 2.29. The van der Waals surface area contributed by atoms with Gasteiger partial charge in [0.2, 0.25) is 5.91 Å². The predicted octanol–water partition coefficient (Wildman–Crippen LogP) is 3.46. The number of carbonyl (C=O) groups is 3. The number of hydrogen-bond donors (Lipinski definition) is 2. The molecule has 0 unspecified atom stereocenters. The summed E-state index contributed by atoms with van der Waals surface area (Å²) in [5.74, 6) is -2.17. The molecule has 3 rings (SSSR count). The van der Waals surface area contributed by atoms with Crippen molar-refractivity contribution in [2.75, 3.05) is 17.2 Å². The molecule has 0 saturated heterocycles. The van der Waals surface area contributed by atoms with E-state index in [1.807, 2.05) is 12.1 Å². The molecule has 1 atom stereocenters. The van der Waals surface area contributed by atoms with Crippen LogP contribution in [-0.2, 0) is 19.1 Å². The Morgan fingerprint density at radius 1 is 1.26 bits per heavy atom. The van der Waals surface area contributed by atoms with Gasteiger partial charge in [0.1, 0.15) is 5.82 Å². The Labute approximate surface area is 163 Å². The molecular weight excluding hydrogens is 395 g/mol. The maximum atomic E-state index is 13.1. The van der Waals surface area contributed by atoms with E-state index < -0.39 is 29.6 Å². The first-order valence-corrected chi connectivity index (χ1v) is 9.15. The van der Waals surface area contributed by atoms with E-state index >= 15 is 0 Å². The smallest absolute Gasteiger partial charge is 0.307 e. The summed E-state index contributed by atoms with van der Waals surface area (Å²) in [7, 11) is 0. The minimum absolute atomic E-state index is 0.134. The van der Waals surface area contributed by atoms with Crippen LogP contribution in [0.4, 0.5) is 15.8 Å². The number of ether oxygens (including phenoxy) is 1. The summed E-state index contributed by atoms with van der Waals surface area (Å²) in [4.78, 5) is 36.7. The van der Waals surface area contributed by atoms with Crippen LogP contribution in [-0.4, -0.2) is 29.6 Å². The molecular formula is C18H14ClFN2O4S. The molecule has 0 fully saturated rings. The third-order valence-corrected chi connectivity index (χ3v) is 5.19. The maximum absolute atomic E-state index is 13.1. The lowest BCUT2D eigenvalue weighted by Crippen LogP contribution is -2.32. The molecule has 6 nitrogen and oxygen atoms in total. The molecule has 1 heterocycles. The fraction of sp³-hybridized carbons (Fsp3) is 0.167. The van der Waals surface area contributed by atoms with Crippen molar-refractivity contribution in [3.8, 4) is 0 Å². The van der Waals surface area contributed by atoms with E-state index in [9.17, 15) is 18.8 Å². The number of thioether (sulfide) groups is 1. The molecule has 140 valence electrons. The quantitative estimate of drug-likeness (QED) is 0.740. The summed E-state index contributed by atoms with van der Waals surface area (Å²) in [6.45, 7) is -0.524. The molecule has 0 bridgehead atoms. The van der Waals surface area contributed by atoms with E-state index in [2.05, 4.69) is 10.6 Å². The Hall–Kier alpha value is -2.58. The molecule has 2 amide bonds. The summed E-state index contributed by atoms with van der Waals surface area (Å²) >= 11 is 6.90. The first-order valence-electron chi connectivity index (χ1n) is 7.89. The van der Waals surface area contributed by atoms with Crippen LogP contribution in [0.5, 0.6) is 0 Å². The lowest BCUT2D eigenvalue weighted by Gasteiger charge is -2.23. The average molecular weight is 409 g/mol. The molecule has 0 saturated carbocycles. The van der Waals surface area contributed by atoms with E-state index in [1.165, 1.54) is 23.9 Å².